The molecule has 0 saturated carbocycles. The summed E-state index contributed by atoms with van der Waals surface area (Å²) in [6.45, 7) is 3.38. The number of ether oxygens (including phenoxy) is 1. The number of esters is 1. The number of carbonyl (C=O) groups is 3. The van der Waals surface area contributed by atoms with Crippen LogP contribution >= 0.6 is 11.6 Å². The van der Waals surface area contributed by atoms with Gasteiger partial charge in [-0.3, -0.25) is 14.4 Å². The number of hydrogen-bond donors (Lipinski definition) is 1. The highest BCUT2D eigenvalue weighted by atomic mass is 35.5. The molecule has 2 aromatic rings. The van der Waals surface area contributed by atoms with E-state index >= 15 is 0 Å². The van der Waals surface area contributed by atoms with Gasteiger partial charge in [0, 0.05) is 30.1 Å². The van der Waals surface area contributed by atoms with Gasteiger partial charge in [-0.05, 0) is 56.0 Å². The number of likely N-dealkylation sites (tertiary alicyclic amines) is 1. The summed E-state index contributed by atoms with van der Waals surface area (Å²) in [5.74, 6) is -0.858. The minimum Gasteiger partial charge on any atom is -0.464 e. The van der Waals surface area contributed by atoms with Crippen molar-refractivity contribution in [3.8, 4) is 0 Å². The molecular weight excluding hydrogens is 428 g/mol. The summed E-state index contributed by atoms with van der Waals surface area (Å²) in [6.07, 6.45) is 2.49. The van der Waals surface area contributed by atoms with E-state index < -0.39 is 0 Å². The number of halogens is 1. The molecule has 0 radical (unpaired) electrons. The monoisotopic (exact) mass is 456 g/mol. The molecule has 1 unspecified atom stereocenters. The predicted molar refractivity (Wildman–Crippen MR) is 124 cm³/mol. The summed E-state index contributed by atoms with van der Waals surface area (Å²) >= 11 is 5.89. The van der Waals surface area contributed by atoms with Crippen molar-refractivity contribution in [2.45, 2.75) is 32.6 Å². The van der Waals surface area contributed by atoms with E-state index in [0.29, 0.717) is 42.9 Å². The van der Waals surface area contributed by atoms with Crippen LogP contribution in [-0.2, 0) is 20.7 Å². The normalized spacial score (nSPS) is 15.8. The Morgan fingerprint density at radius 3 is 2.53 bits per heavy atom. The van der Waals surface area contributed by atoms with Gasteiger partial charge < -0.3 is 15.0 Å². The summed E-state index contributed by atoms with van der Waals surface area (Å²) in [5.41, 5.74) is 2.86. The first-order valence-electron chi connectivity index (χ1n) is 11.0. The third kappa shape index (κ3) is 7.09. The van der Waals surface area contributed by atoms with Crippen molar-refractivity contribution in [3.63, 3.8) is 0 Å². The molecule has 0 bridgehead atoms. The SMILES string of the molecule is Cc1ccc(CCC(=O)NCCOC(=O)C2CCCN(C(=O)c3ccc(Cl)cc3)C2)cc1. The van der Waals surface area contributed by atoms with E-state index in [1.807, 2.05) is 31.2 Å². The van der Waals surface area contributed by atoms with Crippen LogP contribution in [0.4, 0.5) is 0 Å². The van der Waals surface area contributed by atoms with Crippen molar-refractivity contribution < 1.29 is 19.1 Å². The maximum Gasteiger partial charge on any atom is 0.310 e. The van der Waals surface area contributed by atoms with Gasteiger partial charge in [0.05, 0.1) is 12.5 Å². The van der Waals surface area contributed by atoms with Crippen molar-refractivity contribution >= 4 is 29.4 Å². The fraction of sp³-hybridized carbons (Fsp3) is 0.400. The molecule has 0 aliphatic carbocycles. The number of hydrogen-bond acceptors (Lipinski definition) is 4. The average Bonchev–Trinajstić information content (AvgIpc) is 2.81. The lowest BCUT2D eigenvalue weighted by molar-refractivity contribution is -0.150. The first-order chi connectivity index (χ1) is 15.4. The molecule has 1 aliphatic heterocycles. The third-order valence-electron chi connectivity index (χ3n) is 5.56. The van der Waals surface area contributed by atoms with Gasteiger partial charge in [-0.15, -0.1) is 0 Å². The second-order valence-electron chi connectivity index (χ2n) is 8.10. The van der Waals surface area contributed by atoms with Gasteiger partial charge in [0.1, 0.15) is 6.61 Å². The van der Waals surface area contributed by atoms with E-state index in [4.69, 9.17) is 16.3 Å². The fourth-order valence-electron chi connectivity index (χ4n) is 3.69. The Balaban J connectivity index is 1.36. The van der Waals surface area contributed by atoms with Crippen LogP contribution in [0.5, 0.6) is 0 Å². The molecule has 2 aromatic carbocycles. The van der Waals surface area contributed by atoms with Crippen molar-refractivity contribution in [1.29, 1.82) is 0 Å². The second kappa shape index (κ2) is 11.7. The quantitative estimate of drug-likeness (QED) is 0.484. The van der Waals surface area contributed by atoms with E-state index in [2.05, 4.69) is 5.32 Å². The van der Waals surface area contributed by atoms with Crippen LogP contribution in [0.2, 0.25) is 5.02 Å². The largest absolute Gasteiger partial charge is 0.464 e. The van der Waals surface area contributed by atoms with Gasteiger partial charge in [-0.25, -0.2) is 0 Å². The molecule has 6 nitrogen and oxygen atoms in total. The lowest BCUT2D eigenvalue weighted by atomic mass is 9.97. The topological polar surface area (TPSA) is 75.7 Å². The second-order valence-corrected chi connectivity index (χ2v) is 8.54. The van der Waals surface area contributed by atoms with E-state index in [1.165, 1.54) is 5.56 Å². The first-order valence-corrected chi connectivity index (χ1v) is 11.3. The number of aryl methyl sites for hydroxylation is 2. The number of amides is 2. The molecule has 0 aromatic heterocycles. The van der Waals surface area contributed by atoms with Crippen molar-refractivity contribution in [1.82, 2.24) is 10.2 Å². The van der Waals surface area contributed by atoms with E-state index in [-0.39, 0.29) is 36.9 Å². The molecule has 1 fully saturated rings. The van der Waals surface area contributed by atoms with Gasteiger partial charge in [0.15, 0.2) is 0 Å². The molecule has 170 valence electrons. The number of rotatable bonds is 8. The predicted octanol–water partition coefficient (Wildman–Crippen LogP) is 3.79. The Bertz CT molecular complexity index is 928. The summed E-state index contributed by atoms with van der Waals surface area (Å²) in [7, 11) is 0. The van der Waals surface area contributed by atoms with Crippen molar-refractivity contribution in [3.05, 3.63) is 70.2 Å². The zero-order chi connectivity index (χ0) is 22.9. The Kier molecular flexibility index (Phi) is 8.68. The number of nitrogens with one attached hydrogen (secondary N) is 1. The van der Waals surface area contributed by atoms with Crippen LogP contribution in [-0.4, -0.2) is 48.9 Å². The fourth-order valence-corrected chi connectivity index (χ4v) is 3.82. The van der Waals surface area contributed by atoms with Crippen LogP contribution in [0.3, 0.4) is 0 Å². The molecule has 1 heterocycles. The molecular formula is C25H29ClN2O4. The smallest absolute Gasteiger partial charge is 0.310 e. The highest BCUT2D eigenvalue weighted by Gasteiger charge is 2.29. The molecule has 32 heavy (non-hydrogen) atoms. The van der Waals surface area contributed by atoms with Crippen LogP contribution in [0, 0.1) is 12.8 Å². The van der Waals surface area contributed by atoms with E-state index in [0.717, 1.165) is 12.0 Å². The van der Waals surface area contributed by atoms with Gasteiger partial charge >= 0.3 is 5.97 Å². The van der Waals surface area contributed by atoms with Gasteiger partial charge in [-0.2, -0.15) is 0 Å². The molecule has 0 spiro atoms. The summed E-state index contributed by atoms with van der Waals surface area (Å²) in [5, 5.41) is 3.36. The number of benzene rings is 2. The highest BCUT2D eigenvalue weighted by molar-refractivity contribution is 6.30. The average molecular weight is 457 g/mol. The summed E-state index contributed by atoms with van der Waals surface area (Å²) in [6, 6.07) is 14.8. The highest BCUT2D eigenvalue weighted by Crippen LogP contribution is 2.20. The molecule has 3 rings (SSSR count). The van der Waals surface area contributed by atoms with Crippen molar-refractivity contribution in [2.24, 2.45) is 5.92 Å². The molecule has 1 N–H and O–H groups in total. The zero-order valence-corrected chi connectivity index (χ0v) is 19.1. The number of piperidine rings is 1. The molecule has 2 amide bonds. The maximum atomic E-state index is 12.7. The molecule has 1 saturated heterocycles. The van der Waals surface area contributed by atoms with Gasteiger partial charge in [-0.1, -0.05) is 41.4 Å². The van der Waals surface area contributed by atoms with Crippen molar-refractivity contribution in [2.75, 3.05) is 26.2 Å². The Labute approximate surface area is 193 Å². The van der Waals surface area contributed by atoms with E-state index in [1.54, 1.807) is 29.2 Å². The standard InChI is InChI=1S/C25H29ClN2O4/c1-18-4-6-19(7-5-18)8-13-23(29)27-14-16-32-25(31)21-3-2-15-28(17-21)24(30)20-9-11-22(26)12-10-20/h4-7,9-12,21H,2-3,8,13-17H2,1H3,(H,27,29). The van der Waals surface area contributed by atoms with Gasteiger partial charge in [0.25, 0.3) is 5.91 Å². The minimum absolute atomic E-state index is 0.0703. The van der Waals surface area contributed by atoms with Gasteiger partial charge in [0.2, 0.25) is 5.91 Å². The maximum absolute atomic E-state index is 12.7. The lowest BCUT2D eigenvalue weighted by Crippen LogP contribution is -2.43. The first kappa shape index (κ1) is 23.8. The van der Waals surface area contributed by atoms with Crippen LogP contribution < -0.4 is 5.32 Å². The Morgan fingerprint density at radius 1 is 1.09 bits per heavy atom. The van der Waals surface area contributed by atoms with Crippen LogP contribution in [0.15, 0.2) is 48.5 Å². The lowest BCUT2D eigenvalue weighted by Gasteiger charge is -2.31. The Hall–Kier alpha value is -2.86. The molecule has 1 atom stereocenters. The number of nitrogens with zero attached hydrogens (tertiary/aromatic N) is 1. The zero-order valence-electron chi connectivity index (χ0n) is 18.3. The number of carbonyl (C=O) groups excluding carboxylic acids is 3. The van der Waals surface area contributed by atoms with Crippen LogP contribution in [0.1, 0.15) is 40.7 Å². The molecule has 1 aliphatic rings. The summed E-state index contributed by atoms with van der Waals surface area (Å²) in [4.78, 5) is 38.8. The minimum atomic E-state index is -0.350. The molecule has 7 heteroatoms. The Morgan fingerprint density at radius 2 is 1.81 bits per heavy atom. The third-order valence-corrected chi connectivity index (χ3v) is 5.81. The summed E-state index contributed by atoms with van der Waals surface area (Å²) < 4.78 is 5.35. The van der Waals surface area contributed by atoms with Crippen LogP contribution in [0.25, 0.3) is 0 Å². The van der Waals surface area contributed by atoms with E-state index in [9.17, 15) is 14.4 Å².